The first kappa shape index (κ1) is 22.8. The molecular weight excluding hydrogens is 419 g/mol. The molecule has 2 aliphatic rings. The largest absolute Gasteiger partial charge is 0.352 e. The van der Waals surface area contributed by atoms with Gasteiger partial charge in [-0.3, -0.25) is 4.79 Å². The van der Waals surface area contributed by atoms with Gasteiger partial charge in [0.25, 0.3) is 5.91 Å². The highest BCUT2D eigenvalue weighted by molar-refractivity contribution is 5.94. The fraction of sp³-hybridized carbons (Fsp3) is 0.583. The van der Waals surface area contributed by atoms with E-state index in [1.807, 2.05) is 0 Å². The number of halogens is 3. The summed E-state index contributed by atoms with van der Waals surface area (Å²) in [6.45, 7) is 5.33. The number of amides is 1. The van der Waals surface area contributed by atoms with Crippen LogP contribution in [0.5, 0.6) is 0 Å². The van der Waals surface area contributed by atoms with Crippen LogP contribution in [-0.2, 0) is 0 Å². The maximum Gasteiger partial charge on any atom is 0.279 e. The van der Waals surface area contributed by atoms with Gasteiger partial charge in [-0.25, -0.2) is 8.78 Å². The van der Waals surface area contributed by atoms with Crippen LogP contribution in [0.1, 0.15) is 62.9 Å². The number of aromatic nitrogens is 1. The van der Waals surface area contributed by atoms with E-state index in [2.05, 4.69) is 24.3 Å². The lowest BCUT2D eigenvalue weighted by molar-refractivity contribution is 0.0472. The van der Waals surface area contributed by atoms with Crippen molar-refractivity contribution in [3.8, 4) is 11.3 Å². The minimum absolute atomic E-state index is 0.00734. The van der Waals surface area contributed by atoms with E-state index in [4.69, 9.17) is 4.52 Å². The smallest absolute Gasteiger partial charge is 0.279 e. The Morgan fingerprint density at radius 3 is 2.62 bits per heavy atom. The molecule has 0 spiro atoms. The summed E-state index contributed by atoms with van der Waals surface area (Å²) in [7, 11) is 0. The van der Waals surface area contributed by atoms with Gasteiger partial charge >= 0.3 is 0 Å². The molecule has 2 aromatic rings. The number of rotatable bonds is 5. The summed E-state index contributed by atoms with van der Waals surface area (Å²) >= 11 is 0. The summed E-state index contributed by atoms with van der Waals surface area (Å²) in [6, 6.07) is 3.01. The first-order valence-electron chi connectivity index (χ1n) is 11.5. The maximum absolute atomic E-state index is 15.2. The Morgan fingerprint density at radius 1 is 1.19 bits per heavy atom. The molecule has 1 saturated heterocycles. The van der Waals surface area contributed by atoms with E-state index in [1.54, 1.807) is 4.90 Å². The van der Waals surface area contributed by atoms with Crippen molar-refractivity contribution in [3.63, 3.8) is 0 Å². The number of piperazine rings is 1. The first-order valence-corrected chi connectivity index (χ1v) is 11.5. The van der Waals surface area contributed by atoms with Crippen LogP contribution in [0.3, 0.4) is 0 Å². The Bertz CT molecular complexity index is 956. The number of carbonyl (C=O) groups is 1. The quantitative estimate of drug-likeness (QED) is 0.684. The number of hydrogen-bond donors (Lipinski definition) is 1. The zero-order chi connectivity index (χ0) is 22.8. The molecule has 1 aliphatic carbocycles. The van der Waals surface area contributed by atoms with Crippen LogP contribution >= 0.6 is 0 Å². The van der Waals surface area contributed by atoms with Crippen molar-refractivity contribution in [2.45, 2.75) is 64.5 Å². The second-order valence-electron chi connectivity index (χ2n) is 9.46. The molecule has 174 valence electrons. The second-order valence-corrected chi connectivity index (χ2v) is 9.46. The van der Waals surface area contributed by atoms with Gasteiger partial charge in [0.1, 0.15) is 0 Å². The predicted molar refractivity (Wildman–Crippen MR) is 114 cm³/mol. The number of nitrogens with one attached hydrogen (secondary N) is 1. The SMILES string of the molecule is CC(C)C[C@H]1CN[C@@H](C2CCCCC2)CN1C(=O)c1noc(-c2ccc(F)c(F)c2)c1F. The molecule has 2 atom stereocenters. The van der Waals surface area contributed by atoms with Gasteiger partial charge in [-0.1, -0.05) is 38.3 Å². The van der Waals surface area contributed by atoms with Crippen molar-refractivity contribution in [2.24, 2.45) is 11.8 Å². The van der Waals surface area contributed by atoms with E-state index in [0.717, 1.165) is 31.4 Å². The highest BCUT2D eigenvalue weighted by Gasteiger charge is 2.38. The van der Waals surface area contributed by atoms with E-state index in [-0.39, 0.29) is 23.4 Å². The highest BCUT2D eigenvalue weighted by atomic mass is 19.2. The van der Waals surface area contributed by atoms with Crippen molar-refractivity contribution in [2.75, 3.05) is 13.1 Å². The summed E-state index contributed by atoms with van der Waals surface area (Å²) in [6.07, 6.45) is 6.69. The fourth-order valence-corrected chi connectivity index (χ4v) is 5.04. The third-order valence-corrected chi connectivity index (χ3v) is 6.69. The van der Waals surface area contributed by atoms with E-state index in [9.17, 15) is 13.6 Å². The molecule has 1 amide bonds. The third-order valence-electron chi connectivity index (χ3n) is 6.69. The van der Waals surface area contributed by atoms with Crippen LogP contribution in [0.4, 0.5) is 13.2 Å². The molecule has 2 heterocycles. The van der Waals surface area contributed by atoms with Crippen LogP contribution in [0.15, 0.2) is 22.7 Å². The molecule has 8 heteroatoms. The number of nitrogens with zero attached hydrogens (tertiary/aromatic N) is 2. The Hall–Kier alpha value is -2.35. The zero-order valence-corrected chi connectivity index (χ0v) is 18.5. The van der Waals surface area contributed by atoms with Gasteiger partial charge < -0.3 is 14.7 Å². The molecule has 1 aromatic carbocycles. The average Bonchev–Trinajstić information content (AvgIpc) is 3.17. The highest BCUT2D eigenvalue weighted by Crippen LogP contribution is 2.31. The minimum atomic E-state index is -1.12. The van der Waals surface area contributed by atoms with Gasteiger partial charge in [-0.2, -0.15) is 4.39 Å². The molecule has 4 rings (SSSR count). The lowest BCUT2D eigenvalue weighted by atomic mass is 9.82. The molecule has 2 fully saturated rings. The summed E-state index contributed by atoms with van der Waals surface area (Å²) in [5.41, 5.74) is -0.421. The van der Waals surface area contributed by atoms with Crippen LogP contribution in [0.2, 0.25) is 0 Å². The summed E-state index contributed by atoms with van der Waals surface area (Å²) < 4.78 is 47.1. The average molecular weight is 450 g/mol. The van der Waals surface area contributed by atoms with E-state index < -0.39 is 29.1 Å². The summed E-state index contributed by atoms with van der Waals surface area (Å²) in [5.74, 6) is -3.14. The number of carbonyl (C=O) groups excluding carboxylic acids is 1. The Morgan fingerprint density at radius 2 is 1.94 bits per heavy atom. The van der Waals surface area contributed by atoms with Crippen molar-refractivity contribution in [1.82, 2.24) is 15.4 Å². The summed E-state index contributed by atoms with van der Waals surface area (Å²) in [4.78, 5) is 15.1. The minimum Gasteiger partial charge on any atom is -0.352 e. The van der Waals surface area contributed by atoms with Crippen molar-refractivity contribution < 1.29 is 22.5 Å². The van der Waals surface area contributed by atoms with Crippen LogP contribution in [-0.4, -0.2) is 41.1 Å². The van der Waals surface area contributed by atoms with Gasteiger partial charge in [-0.15, -0.1) is 0 Å². The number of hydrogen-bond acceptors (Lipinski definition) is 4. The molecule has 1 aliphatic heterocycles. The molecule has 1 saturated carbocycles. The molecule has 32 heavy (non-hydrogen) atoms. The molecular formula is C24H30F3N3O2. The second kappa shape index (κ2) is 9.65. The normalized spacial score (nSPS) is 22.5. The summed E-state index contributed by atoms with van der Waals surface area (Å²) in [5, 5.41) is 7.32. The van der Waals surface area contributed by atoms with Crippen molar-refractivity contribution in [3.05, 3.63) is 41.3 Å². The van der Waals surface area contributed by atoms with Crippen LogP contribution in [0, 0.1) is 29.3 Å². The van der Waals surface area contributed by atoms with Gasteiger partial charge in [0.2, 0.25) is 17.3 Å². The van der Waals surface area contributed by atoms with E-state index in [0.29, 0.717) is 24.9 Å². The predicted octanol–water partition coefficient (Wildman–Crippen LogP) is 5.17. The van der Waals surface area contributed by atoms with Gasteiger partial charge in [0.05, 0.1) is 0 Å². The molecule has 1 N–H and O–H groups in total. The van der Waals surface area contributed by atoms with Crippen molar-refractivity contribution >= 4 is 5.91 Å². The Kier molecular flexibility index (Phi) is 6.88. The Labute approximate surface area is 186 Å². The zero-order valence-electron chi connectivity index (χ0n) is 18.5. The molecule has 1 aromatic heterocycles. The first-order chi connectivity index (χ1) is 15.3. The van der Waals surface area contributed by atoms with Crippen molar-refractivity contribution in [1.29, 1.82) is 0 Å². The number of benzene rings is 1. The molecule has 5 nitrogen and oxygen atoms in total. The monoisotopic (exact) mass is 449 g/mol. The topological polar surface area (TPSA) is 58.4 Å². The molecule has 0 radical (unpaired) electrons. The molecule has 0 bridgehead atoms. The fourth-order valence-electron chi connectivity index (χ4n) is 5.04. The van der Waals surface area contributed by atoms with Gasteiger partial charge in [0.15, 0.2) is 11.6 Å². The molecule has 0 unspecified atom stereocenters. The van der Waals surface area contributed by atoms with E-state index >= 15 is 4.39 Å². The standard InChI is InChI=1S/C24H30F3N3O2/c1-14(2)10-17-12-28-20(15-6-4-3-5-7-15)13-30(17)24(31)22-21(27)23(32-29-22)16-8-9-18(25)19(26)11-16/h8-9,11,14-15,17,20,28H,3-7,10,12-13H2,1-2H3/t17-,20+/m0/s1. The van der Waals surface area contributed by atoms with Crippen LogP contribution < -0.4 is 5.32 Å². The van der Waals surface area contributed by atoms with Crippen LogP contribution in [0.25, 0.3) is 11.3 Å². The van der Waals surface area contributed by atoms with Gasteiger partial charge in [0, 0.05) is 30.7 Å². The lowest BCUT2D eigenvalue weighted by Crippen LogP contribution is -2.60. The van der Waals surface area contributed by atoms with E-state index in [1.165, 1.54) is 25.3 Å². The van der Waals surface area contributed by atoms with Gasteiger partial charge in [-0.05, 0) is 49.3 Å². The Balaban J connectivity index is 1.59. The maximum atomic E-state index is 15.2. The lowest BCUT2D eigenvalue weighted by Gasteiger charge is -2.44. The third kappa shape index (κ3) is 4.70.